The Morgan fingerprint density at radius 1 is 1.06 bits per heavy atom. The molecule has 1 saturated heterocycles. The molecule has 1 heterocycles. The van der Waals surface area contributed by atoms with E-state index in [0.717, 1.165) is 25.7 Å². The standard InChI is InChI=1S/C30H48O4/c1-26(2)23-9-8-21-20(28(23,5)13-12-24(26)32)11-15-29(6)19(10-14-30(21,29)7)18-16-22(31)25(34-17-18)27(3,4)33/h8,18-20,22-23,25,31,33H,9-17H2,1-7H3/t18-,19+,20+,22-,23+,25+,28-,29+,30-/m1/s1. The van der Waals surface area contributed by atoms with Gasteiger partial charge in [0.1, 0.15) is 11.9 Å². The molecule has 3 saturated carbocycles. The van der Waals surface area contributed by atoms with Gasteiger partial charge in [-0.25, -0.2) is 0 Å². The van der Waals surface area contributed by atoms with E-state index in [1.807, 2.05) is 0 Å². The first kappa shape index (κ1) is 25.0. The number of fused-ring (bicyclic) bond motifs is 5. The molecule has 4 nitrogen and oxygen atoms in total. The van der Waals surface area contributed by atoms with Crippen LogP contribution in [0.25, 0.3) is 0 Å². The average Bonchev–Trinajstić information content (AvgIpc) is 3.02. The lowest BCUT2D eigenvalue weighted by Crippen LogP contribution is -2.58. The highest BCUT2D eigenvalue weighted by Crippen LogP contribution is 2.73. The average molecular weight is 473 g/mol. The number of carbonyl (C=O) groups is 1. The van der Waals surface area contributed by atoms with E-state index in [1.54, 1.807) is 19.4 Å². The number of carbonyl (C=O) groups excluding carboxylic acids is 1. The molecule has 4 fully saturated rings. The van der Waals surface area contributed by atoms with Crippen LogP contribution in [0.2, 0.25) is 0 Å². The maximum Gasteiger partial charge on any atom is 0.138 e. The minimum Gasteiger partial charge on any atom is -0.390 e. The van der Waals surface area contributed by atoms with Gasteiger partial charge in [-0.3, -0.25) is 4.79 Å². The van der Waals surface area contributed by atoms with Crippen LogP contribution in [0.3, 0.4) is 0 Å². The van der Waals surface area contributed by atoms with Crippen LogP contribution in [0.1, 0.15) is 99.8 Å². The Bertz CT molecular complexity index is 883. The second-order valence-electron chi connectivity index (χ2n) is 14.6. The predicted molar refractivity (Wildman–Crippen MR) is 134 cm³/mol. The first-order valence-corrected chi connectivity index (χ1v) is 13.9. The lowest BCUT2D eigenvalue weighted by molar-refractivity contribution is -0.187. The fourth-order valence-electron chi connectivity index (χ4n) is 10.1. The summed E-state index contributed by atoms with van der Waals surface area (Å²) < 4.78 is 6.12. The van der Waals surface area contributed by atoms with Gasteiger partial charge in [0, 0.05) is 11.8 Å². The largest absolute Gasteiger partial charge is 0.390 e. The van der Waals surface area contributed by atoms with Crippen molar-refractivity contribution in [2.45, 2.75) is 118 Å². The summed E-state index contributed by atoms with van der Waals surface area (Å²) >= 11 is 0. The fourth-order valence-corrected chi connectivity index (χ4v) is 10.1. The van der Waals surface area contributed by atoms with Crippen molar-refractivity contribution >= 4 is 5.78 Å². The molecule has 0 amide bonds. The zero-order valence-corrected chi connectivity index (χ0v) is 22.6. The highest BCUT2D eigenvalue weighted by Gasteiger charge is 2.66. The molecule has 0 aromatic heterocycles. The summed E-state index contributed by atoms with van der Waals surface area (Å²) in [5, 5.41) is 21.3. The van der Waals surface area contributed by atoms with E-state index < -0.39 is 17.8 Å². The molecule has 0 spiro atoms. The zero-order valence-electron chi connectivity index (χ0n) is 22.6. The molecule has 4 heteroatoms. The van der Waals surface area contributed by atoms with Gasteiger partial charge in [-0.05, 0) is 98.7 Å². The quantitative estimate of drug-likeness (QED) is 0.506. The second kappa shape index (κ2) is 7.65. The van der Waals surface area contributed by atoms with Crippen LogP contribution in [0.15, 0.2) is 11.6 Å². The van der Waals surface area contributed by atoms with Crippen molar-refractivity contribution in [2.75, 3.05) is 6.61 Å². The topological polar surface area (TPSA) is 66.8 Å². The minimum absolute atomic E-state index is 0.179. The molecule has 2 N–H and O–H groups in total. The van der Waals surface area contributed by atoms with E-state index in [-0.39, 0.29) is 21.7 Å². The van der Waals surface area contributed by atoms with E-state index >= 15 is 0 Å². The maximum atomic E-state index is 12.8. The minimum atomic E-state index is -1.02. The van der Waals surface area contributed by atoms with Crippen molar-refractivity contribution < 1.29 is 19.7 Å². The monoisotopic (exact) mass is 472 g/mol. The molecule has 1 aliphatic heterocycles. The molecule has 0 radical (unpaired) electrons. The second-order valence-corrected chi connectivity index (χ2v) is 14.6. The lowest BCUT2D eigenvalue weighted by atomic mass is 9.41. The molecular formula is C30H48O4. The molecule has 34 heavy (non-hydrogen) atoms. The number of hydrogen-bond donors (Lipinski definition) is 2. The van der Waals surface area contributed by atoms with Gasteiger partial charge in [0.05, 0.1) is 18.3 Å². The summed E-state index contributed by atoms with van der Waals surface area (Å²) in [6, 6.07) is 0. The number of Topliss-reactive ketones (excluding diaryl/α,β-unsaturated/α-hetero) is 1. The van der Waals surface area contributed by atoms with Crippen LogP contribution in [0, 0.1) is 45.3 Å². The van der Waals surface area contributed by atoms with Gasteiger partial charge in [-0.15, -0.1) is 0 Å². The van der Waals surface area contributed by atoms with Gasteiger partial charge >= 0.3 is 0 Å². The van der Waals surface area contributed by atoms with Gasteiger partial charge in [0.25, 0.3) is 0 Å². The van der Waals surface area contributed by atoms with Crippen LogP contribution >= 0.6 is 0 Å². The van der Waals surface area contributed by atoms with Crippen LogP contribution in [0.5, 0.6) is 0 Å². The Labute approximate surface area is 206 Å². The number of ketones is 1. The molecule has 0 aromatic carbocycles. The van der Waals surface area contributed by atoms with Crippen molar-refractivity contribution in [1.29, 1.82) is 0 Å². The first-order chi connectivity index (χ1) is 15.7. The van der Waals surface area contributed by atoms with Crippen LogP contribution in [-0.2, 0) is 9.53 Å². The van der Waals surface area contributed by atoms with E-state index in [9.17, 15) is 15.0 Å². The van der Waals surface area contributed by atoms with Crippen molar-refractivity contribution in [1.82, 2.24) is 0 Å². The fraction of sp³-hybridized carbons (Fsp3) is 0.900. The van der Waals surface area contributed by atoms with Crippen molar-refractivity contribution in [3.63, 3.8) is 0 Å². The normalized spacial score (nSPS) is 50.7. The van der Waals surface area contributed by atoms with E-state index in [2.05, 4.69) is 40.7 Å². The van der Waals surface area contributed by atoms with Crippen LogP contribution in [0.4, 0.5) is 0 Å². The molecule has 5 aliphatic rings. The molecule has 9 atom stereocenters. The number of rotatable bonds is 2. The Hall–Kier alpha value is -0.710. The van der Waals surface area contributed by atoms with Gasteiger partial charge in [0.15, 0.2) is 0 Å². The van der Waals surface area contributed by atoms with Gasteiger partial charge in [-0.1, -0.05) is 46.3 Å². The number of ether oxygens (including phenoxy) is 1. The van der Waals surface area contributed by atoms with E-state index in [4.69, 9.17) is 4.74 Å². The summed E-state index contributed by atoms with van der Waals surface area (Å²) in [4.78, 5) is 12.8. The smallest absolute Gasteiger partial charge is 0.138 e. The Kier molecular flexibility index (Phi) is 5.62. The molecular weight excluding hydrogens is 424 g/mol. The van der Waals surface area contributed by atoms with Gasteiger partial charge < -0.3 is 14.9 Å². The van der Waals surface area contributed by atoms with Crippen LogP contribution < -0.4 is 0 Å². The highest BCUT2D eigenvalue weighted by atomic mass is 16.5. The molecule has 0 bridgehead atoms. The maximum absolute atomic E-state index is 12.8. The lowest BCUT2D eigenvalue weighted by Gasteiger charge is -2.63. The Morgan fingerprint density at radius 2 is 1.76 bits per heavy atom. The van der Waals surface area contributed by atoms with Crippen molar-refractivity contribution in [2.24, 2.45) is 45.3 Å². The Morgan fingerprint density at radius 3 is 2.41 bits per heavy atom. The third kappa shape index (κ3) is 3.23. The third-order valence-corrected chi connectivity index (χ3v) is 12.3. The summed E-state index contributed by atoms with van der Waals surface area (Å²) in [5.41, 5.74) is 1.05. The van der Waals surface area contributed by atoms with Gasteiger partial charge in [0.2, 0.25) is 0 Å². The Balaban J connectivity index is 1.43. The van der Waals surface area contributed by atoms with Crippen molar-refractivity contribution in [3.05, 3.63) is 11.6 Å². The summed E-state index contributed by atoms with van der Waals surface area (Å²) in [6.45, 7) is 16.1. The first-order valence-electron chi connectivity index (χ1n) is 13.9. The van der Waals surface area contributed by atoms with E-state index in [0.29, 0.717) is 36.1 Å². The molecule has 192 valence electrons. The number of hydrogen-bond acceptors (Lipinski definition) is 4. The summed E-state index contributed by atoms with van der Waals surface area (Å²) in [7, 11) is 0. The number of allylic oxidation sites excluding steroid dienone is 2. The SMILES string of the molecule is CC(C)(O)[C@H]1OC[C@H]([C@@H]2CC[C@]3(C)C4=CC[C@H]5C(C)(C)C(=O)CC[C@]5(C)[C@H]4CC[C@@]23C)C[C@H]1O. The molecule has 0 aromatic rings. The van der Waals surface area contributed by atoms with Gasteiger partial charge in [-0.2, -0.15) is 0 Å². The van der Waals surface area contributed by atoms with Crippen molar-refractivity contribution in [3.8, 4) is 0 Å². The zero-order chi connectivity index (χ0) is 24.9. The molecule has 5 rings (SSSR count). The summed E-state index contributed by atoms with van der Waals surface area (Å²) in [5.74, 6) is 2.37. The molecule has 4 aliphatic carbocycles. The highest BCUT2D eigenvalue weighted by molar-refractivity contribution is 5.85. The predicted octanol–water partition coefficient (Wildman–Crippen LogP) is 5.70. The number of aliphatic hydroxyl groups is 2. The third-order valence-electron chi connectivity index (χ3n) is 12.3. The van der Waals surface area contributed by atoms with Crippen LogP contribution in [-0.4, -0.2) is 40.4 Å². The number of aliphatic hydroxyl groups excluding tert-OH is 1. The van der Waals surface area contributed by atoms with E-state index in [1.165, 1.54) is 25.7 Å². The molecule has 0 unspecified atom stereocenters. The summed E-state index contributed by atoms with van der Waals surface area (Å²) in [6.07, 6.45) is 9.84.